The Morgan fingerprint density at radius 1 is 1.50 bits per heavy atom. The molecule has 2 fully saturated rings. The van der Waals surface area contributed by atoms with E-state index in [2.05, 4.69) is 0 Å². The summed E-state index contributed by atoms with van der Waals surface area (Å²) in [6.07, 6.45) is 0. The minimum absolute atomic E-state index is 0.0791. The van der Waals surface area contributed by atoms with Crippen LogP contribution in [0, 0.1) is 6.92 Å². The summed E-state index contributed by atoms with van der Waals surface area (Å²) in [4.78, 5) is 16.0. The topological polar surface area (TPSA) is 23.6 Å². The van der Waals surface area contributed by atoms with Gasteiger partial charge < -0.3 is 4.90 Å². The van der Waals surface area contributed by atoms with Gasteiger partial charge in [-0.05, 0) is 42.9 Å². The van der Waals surface area contributed by atoms with E-state index in [1.54, 1.807) is 22.7 Å². The molecule has 0 N–H and O–H groups in total. The molecule has 0 radical (unpaired) electrons. The normalized spacial score (nSPS) is 22.9. The smallest absolute Gasteiger partial charge is 0.257 e. The van der Waals surface area contributed by atoms with E-state index in [-0.39, 0.29) is 11.9 Å². The predicted octanol–water partition coefficient (Wildman–Crippen LogP) is 2.65. The van der Waals surface area contributed by atoms with Gasteiger partial charge in [0.1, 0.15) is 6.04 Å². The van der Waals surface area contributed by atoms with E-state index in [0.717, 1.165) is 22.9 Å². The fourth-order valence-electron chi connectivity index (χ4n) is 2.30. The summed E-state index contributed by atoms with van der Waals surface area (Å²) in [5.41, 5.74) is 1.81. The highest BCUT2D eigenvalue weighted by atomic mass is 35.5. The van der Waals surface area contributed by atoms with Crippen molar-refractivity contribution >= 4 is 52.3 Å². The first-order valence-electron chi connectivity index (χ1n) is 5.58. The number of hydrogen-bond acceptors (Lipinski definition) is 3. The van der Waals surface area contributed by atoms with Crippen LogP contribution in [-0.4, -0.2) is 33.6 Å². The van der Waals surface area contributed by atoms with Crippen molar-refractivity contribution in [3.63, 3.8) is 0 Å². The number of amides is 1. The van der Waals surface area contributed by atoms with Gasteiger partial charge in [-0.3, -0.25) is 9.69 Å². The molecule has 0 spiro atoms. The van der Waals surface area contributed by atoms with Crippen molar-refractivity contribution in [3.8, 4) is 0 Å². The van der Waals surface area contributed by atoms with E-state index >= 15 is 0 Å². The van der Waals surface area contributed by atoms with Gasteiger partial charge in [0, 0.05) is 10.8 Å². The van der Waals surface area contributed by atoms with E-state index < -0.39 is 0 Å². The Balaban J connectivity index is 2.02. The summed E-state index contributed by atoms with van der Waals surface area (Å²) in [6, 6.07) is 5.41. The molecule has 1 aromatic rings. The summed E-state index contributed by atoms with van der Waals surface area (Å²) in [7, 11) is 0. The fourth-order valence-corrected chi connectivity index (χ4v) is 4.14. The average Bonchev–Trinajstić information content (AvgIpc) is 2.87. The Morgan fingerprint density at radius 2 is 2.28 bits per heavy atom. The minimum atomic E-state index is -0.0856. The summed E-state index contributed by atoms with van der Waals surface area (Å²) >= 11 is 13.1. The van der Waals surface area contributed by atoms with Crippen LogP contribution < -0.4 is 4.90 Å². The molecule has 18 heavy (non-hydrogen) atoms. The molecule has 1 aromatic carbocycles. The van der Waals surface area contributed by atoms with Gasteiger partial charge in [0.2, 0.25) is 0 Å². The SMILES string of the molecule is Cc1cc(Cl)ccc1N1C(=O)[C@@H]2CSCN2C1=S. The number of aryl methyl sites for hydroxylation is 1. The molecule has 0 aromatic heterocycles. The third-order valence-corrected chi connectivity index (χ3v) is 4.89. The fraction of sp³-hybridized carbons (Fsp3) is 0.333. The van der Waals surface area contributed by atoms with Gasteiger partial charge in [0.25, 0.3) is 5.91 Å². The van der Waals surface area contributed by atoms with Crippen molar-refractivity contribution in [1.29, 1.82) is 0 Å². The highest BCUT2D eigenvalue weighted by Crippen LogP contribution is 2.34. The molecule has 0 bridgehead atoms. The lowest BCUT2D eigenvalue weighted by atomic mass is 10.2. The molecule has 3 rings (SSSR count). The summed E-state index contributed by atoms with van der Waals surface area (Å²) < 4.78 is 0. The van der Waals surface area contributed by atoms with Crippen LogP contribution in [-0.2, 0) is 4.79 Å². The second-order valence-electron chi connectivity index (χ2n) is 4.37. The van der Waals surface area contributed by atoms with Crippen molar-refractivity contribution in [2.45, 2.75) is 13.0 Å². The molecule has 2 aliphatic heterocycles. The molecule has 0 saturated carbocycles. The Kier molecular flexibility index (Phi) is 3.00. The van der Waals surface area contributed by atoms with E-state index in [9.17, 15) is 4.79 Å². The summed E-state index contributed by atoms with van der Waals surface area (Å²) in [5, 5.41) is 1.28. The summed E-state index contributed by atoms with van der Waals surface area (Å²) in [6.45, 7) is 1.94. The summed E-state index contributed by atoms with van der Waals surface area (Å²) in [5.74, 6) is 1.70. The van der Waals surface area contributed by atoms with Gasteiger partial charge in [0.05, 0.1) is 11.6 Å². The largest absolute Gasteiger partial charge is 0.326 e. The predicted molar refractivity (Wildman–Crippen MR) is 79.2 cm³/mol. The van der Waals surface area contributed by atoms with Gasteiger partial charge in [-0.15, -0.1) is 11.8 Å². The molecule has 0 aliphatic carbocycles. The maximum Gasteiger partial charge on any atom is 0.257 e. The molecule has 94 valence electrons. The molecular weight excluding hydrogens is 288 g/mol. The monoisotopic (exact) mass is 298 g/mol. The molecule has 1 atom stereocenters. The lowest BCUT2D eigenvalue weighted by Crippen LogP contribution is -2.33. The van der Waals surface area contributed by atoms with E-state index in [4.69, 9.17) is 23.8 Å². The molecule has 2 aliphatic rings. The Labute approximate surface area is 120 Å². The average molecular weight is 299 g/mol. The zero-order chi connectivity index (χ0) is 12.9. The third kappa shape index (κ3) is 1.73. The van der Waals surface area contributed by atoms with Gasteiger partial charge in [-0.2, -0.15) is 0 Å². The van der Waals surface area contributed by atoms with Gasteiger partial charge in [-0.1, -0.05) is 11.6 Å². The number of carbonyl (C=O) groups is 1. The first-order chi connectivity index (χ1) is 8.59. The van der Waals surface area contributed by atoms with E-state index in [0.29, 0.717) is 10.1 Å². The molecular formula is C12H11ClN2OS2. The first kappa shape index (κ1) is 12.3. The first-order valence-corrected chi connectivity index (χ1v) is 7.52. The van der Waals surface area contributed by atoms with Crippen LogP contribution in [0.3, 0.4) is 0 Å². The van der Waals surface area contributed by atoms with E-state index in [1.807, 2.05) is 24.0 Å². The Morgan fingerprint density at radius 3 is 2.94 bits per heavy atom. The number of halogens is 1. The third-order valence-electron chi connectivity index (χ3n) is 3.22. The quantitative estimate of drug-likeness (QED) is 0.744. The Hall–Kier alpha value is -0.780. The number of fused-ring (bicyclic) bond motifs is 1. The van der Waals surface area contributed by atoms with Crippen LogP contribution >= 0.6 is 35.6 Å². The number of carbonyl (C=O) groups excluding carboxylic acids is 1. The Bertz CT molecular complexity index is 527. The number of anilines is 1. The van der Waals surface area contributed by atoms with Crippen LogP contribution in [0.1, 0.15) is 5.56 Å². The number of rotatable bonds is 1. The van der Waals surface area contributed by atoms with Gasteiger partial charge in [0.15, 0.2) is 5.11 Å². The number of benzene rings is 1. The molecule has 0 unspecified atom stereocenters. The lowest BCUT2D eigenvalue weighted by molar-refractivity contribution is -0.118. The molecule has 3 nitrogen and oxygen atoms in total. The second-order valence-corrected chi connectivity index (χ2v) is 6.17. The zero-order valence-electron chi connectivity index (χ0n) is 9.72. The molecule has 6 heteroatoms. The van der Waals surface area contributed by atoms with Crippen LogP contribution in [0.5, 0.6) is 0 Å². The van der Waals surface area contributed by atoms with Crippen LogP contribution in [0.15, 0.2) is 18.2 Å². The zero-order valence-corrected chi connectivity index (χ0v) is 12.1. The van der Waals surface area contributed by atoms with Crippen molar-refractivity contribution in [2.75, 3.05) is 16.5 Å². The standard InChI is InChI=1S/C12H11ClN2OS2/c1-7-4-8(13)2-3-9(7)15-11(16)10-5-18-6-14(10)12(15)17/h2-4,10H,5-6H2,1H3/t10-/m0/s1. The minimum Gasteiger partial charge on any atom is -0.326 e. The van der Waals surface area contributed by atoms with Crippen molar-refractivity contribution in [3.05, 3.63) is 28.8 Å². The molecule has 2 heterocycles. The van der Waals surface area contributed by atoms with Crippen molar-refractivity contribution < 1.29 is 4.79 Å². The van der Waals surface area contributed by atoms with Crippen LogP contribution in [0.25, 0.3) is 0 Å². The van der Waals surface area contributed by atoms with Crippen LogP contribution in [0.2, 0.25) is 5.02 Å². The molecule has 1 amide bonds. The van der Waals surface area contributed by atoms with Gasteiger partial charge in [-0.25, -0.2) is 0 Å². The highest BCUT2D eigenvalue weighted by molar-refractivity contribution is 7.99. The number of thioether (sulfide) groups is 1. The maximum absolute atomic E-state index is 12.4. The van der Waals surface area contributed by atoms with E-state index in [1.165, 1.54) is 0 Å². The number of hydrogen-bond donors (Lipinski definition) is 0. The second kappa shape index (κ2) is 4.40. The van der Waals surface area contributed by atoms with Crippen molar-refractivity contribution in [2.24, 2.45) is 0 Å². The number of nitrogens with zero attached hydrogens (tertiary/aromatic N) is 2. The maximum atomic E-state index is 12.4. The van der Waals surface area contributed by atoms with Gasteiger partial charge >= 0.3 is 0 Å². The van der Waals surface area contributed by atoms with Crippen LogP contribution in [0.4, 0.5) is 5.69 Å². The number of thiocarbonyl (C=S) groups is 1. The molecule has 2 saturated heterocycles. The van der Waals surface area contributed by atoms with Crippen molar-refractivity contribution in [1.82, 2.24) is 4.90 Å². The lowest BCUT2D eigenvalue weighted by Gasteiger charge is -2.20. The highest BCUT2D eigenvalue weighted by Gasteiger charge is 2.46.